The molecule has 5 atom stereocenters. The summed E-state index contributed by atoms with van der Waals surface area (Å²) in [5, 5.41) is -0.985. The van der Waals surface area contributed by atoms with E-state index in [0.29, 0.717) is 0 Å². The first-order valence-electron chi connectivity index (χ1n) is 12.0. The maximum Gasteiger partial charge on any atom is 0.475 e. The Morgan fingerprint density at radius 3 is 1.62 bits per heavy atom. The summed E-state index contributed by atoms with van der Waals surface area (Å²) in [7, 11) is -4.21. The summed E-state index contributed by atoms with van der Waals surface area (Å²) < 4.78 is 52.5. The summed E-state index contributed by atoms with van der Waals surface area (Å²) in [4.78, 5) is 35.5. The average molecular weight is 629 g/mol. The van der Waals surface area contributed by atoms with E-state index in [0.717, 1.165) is 25.0 Å². The van der Waals surface area contributed by atoms with Crippen LogP contribution in [0.5, 0.6) is 0 Å². The van der Waals surface area contributed by atoms with E-state index < -0.39 is 61.8 Å². The van der Waals surface area contributed by atoms with Crippen molar-refractivity contribution >= 4 is 41.7 Å². The molecule has 11 nitrogen and oxygen atoms in total. The van der Waals surface area contributed by atoms with E-state index in [9.17, 15) is 18.9 Å². The Kier molecular flexibility index (Phi) is 11.7. The Morgan fingerprint density at radius 1 is 0.718 bits per heavy atom. The van der Waals surface area contributed by atoms with Crippen molar-refractivity contribution in [2.24, 2.45) is 0 Å². The number of carbonyl (C=O) groups is 3. The van der Waals surface area contributed by atoms with Crippen LogP contribution in [-0.2, 0) is 64.7 Å². The normalized spacial score (nSPS) is 23.0. The van der Waals surface area contributed by atoms with Gasteiger partial charge >= 0.3 is 25.7 Å². The highest BCUT2D eigenvalue weighted by atomic mass is 79.9. The minimum atomic E-state index is -4.21. The second kappa shape index (κ2) is 14.7. The Balaban J connectivity index is 1.81. The summed E-state index contributed by atoms with van der Waals surface area (Å²) in [5.74, 6) is -2.10. The molecule has 1 aliphatic heterocycles. The third-order valence-corrected chi connectivity index (χ3v) is 7.44. The van der Waals surface area contributed by atoms with Gasteiger partial charge in [-0.05, 0) is 11.1 Å². The first kappa shape index (κ1) is 30.9. The highest BCUT2D eigenvalue weighted by Crippen LogP contribution is 2.51. The van der Waals surface area contributed by atoms with E-state index in [1.807, 2.05) is 12.1 Å². The summed E-state index contributed by atoms with van der Waals surface area (Å²) in [6.45, 7) is 2.88. The van der Waals surface area contributed by atoms with Gasteiger partial charge in [-0.25, -0.2) is 4.57 Å². The number of ether oxygens (including phenoxy) is 4. The Bertz CT molecular complexity index is 1100. The SMILES string of the molecule is CC(=O)O[C@H]1[C@H](OC(C)=O)C(COP(=O)(OCc2ccccc2)OCc2ccccc2)OC(Br)[C@@H]1OC(C)=O. The fraction of sp³-hybridized carbons (Fsp3) is 0.423. The molecule has 1 fully saturated rings. The van der Waals surface area contributed by atoms with Gasteiger partial charge in [0.25, 0.3) is 0 Å². The minimum Gasteiger partial charge on any atom is -0.456 e. The van der Waals surface area contributed by atoms with E-state index in [4.69, 9.17) is 32.5 Å². The molecule has 1 aliphatic rings. The number of phosphoric ester groups is 1. The predicted octanol–water partition coefficient (Wildman–Crippen LogP) is 4.46. The zero-order valence-corrected chi connectivity index (χ0v) is 24.1. The highest BCUT2D eigenvalue weighted by molar-refractivity contribution is 9.09. The van der Waals surface area contributed by atoms with Crippen LogP contribution in [0.15, 0.2) is 60.7 Å². The number of hydrogen-bond donors (Lipinski definition) is 0. The molecule has 0 N–H and O–H groups in total. The van der Waals surface area contributed by atoms with E-state index in [-0.39, 0.29) is 13.2 Å². The maximum absolute atomic E-state index is 13.7. The lowest BCUT2D eigenvalue weighted by molar-refractivity contribution is -0.234. The number of carbonyl (C=O) groups excluding carboxylic acids is 3. The number of alkyl halides is 1. The van der Waals surface area contributed by atoms with Crippen LogP contribution in [0.25, 0.3) is 0 Å². The average Bonchev–Trinajstić information content (AvgIpc) is 2.90. The van der Waals surface area contributed by atoms with Crippen LogP contribution < -0.4 is 0 Å². The third kappa shape index (κ3) is 9.82. The predicted molar refractivity (Wildman–Crippen MR) is 140 cm³/mol. The van der Waals surface area contributed by atoms with E-state index in [1.54, 1.807) is 48.5 Å². The molecule has 2 aromatic carbocycles. The van der Waals surface area contributed by atoms with Crippen molar-refractivity contribution in [1.29, 1.82) is 0 Å². The minimum absolute atomic E-state index is 0.0720. The monoisotopic (exact) mass is 628 g/mol. The van der Waals surface area contributed by atoms with Crippen LogP contribution >= 0.6 is 23.8 Å². The van der Waals surface area contributed by atoms with Crippen LogP contribution in [0.2, 0.25) is 0 Å². The zero-order chi connectivity index (χ0) is 28.4. The first-order valence-corrected chi connectivity index (χ1v) is 14.4. The van der Waals surface area contributed by atoms with Gasteiger partial charge in [0.1, 0.15) is 6.10 Å². The molecule has 0 amide bonds. The topological polar surface area (TPSA) is 133 Å². The van der Waals surface area contributed by atoms with Gasteiger partial charge in [0, 0.05) is 20.8 Å². The summed E-state index contributed by atoms with van der Waals surface area (Å²) in [5.41, 5.74) is 1.46. The first-order chi connectivity index (χ1) is 18.6. The van der Waals surface area contributed by atoms with Crippen molar-refractivity contribution in [1.82, 2.24) is 0 Å². The van der Waals surface area contributed by atoms with Gasteiger partial charge in [-0.2, -0.15) is 0 Å². The molecule has 1 heterocycles. The number of phosphoric acid groups is 1. The molecule has 212 valence electrons. The molecule has 39 heavy (non-hydrogen) atoms. The Labute approximate surface area is 234 Å². The van der Waals surface area contributed by atoms with Crippen molar-refractivity contribution in [2.75, 3.05) is 6.61 Å². The maximum atomic E-state index is 13.7. The van der Waals surface area contributed by atoms with Gasteiger partial charge in [-0.15, -0.1) is 0 Å². The largest absolute Gasteiger partial charge is 0.475 e. The van der Waals surface area contributed by atoms with Crippen molar-refractivity contribution in [3.05, 3.63) is 71.8 Å². The van der Waals surface area contributed by atoms with Crippen molar-refractivity contribution < 1.29 is 51.5 Å². The van der Waals surface area contributed by atoms with Gasteiger partial charge in [0.05, 0.1) is 19.8 Å². The summed E-state index contributed by atoms with van der Waals surface area (Å²) in [6, 6.07) is 18.0. The molecule has 0 spiro atoms. The molecule has 1 saturated heterocycles. The Morgan fingerprint density at radius 2 is 1.15 bits per heavy atom. The third-order valence-electron chi connectivity index (χ3n) is 5.34. The van der Waals surface area contributed by atoms with E-state index >= 15 is 0 Å². The zero-order valence-electron chi connectivity index (χ0n) is 21.6. The molecule has 0 aromatic heterocycles. The van der Waals surface area contributed by atoms with Crippen molar-refractivity contribution in [2.45, 2.75) is 63.4 Å². The van der Waals surface area contributed by atoms with E-state index in [2.05, 4.69) is 15.9 Å². The lowest BCUT2D eigenvalue weighted by atomic mass is 9.99. The molecule has 0 aliphatic carbocycles. The van der Waals surface area contributed by atoms with Crippen LogP contribution in [0.4, 0.5) is 0 Å². The number of hydrogen-bond acceptors (Lipinski definition) is 11. The summed E-state index contributed by atoms with van der Waals surface area (Å²) >= 11 is 3.27. The summed E-state index contributed by atoms with van der Waals surface area (Å²) in [6.07, 6.45) is -4.80. The second-order valence-electron chi connectivity index (χ2n) is 8.51. The number of esters is 3. The molecule has 3 rings (SSSR count). The lowest BCUT2D eigenvalue weighted by Gasteiger charge is -2.42. The van der Waals surface area contributed by atoms with Gasteiger partial charge in [0.2, 0.25) is 0 Å². The van der Waals surface area contributed by atoms with E-state index in [1.165, 1.54) is 6.92 Å². The van der Waals surface area contributed by atoms with Crippen LogP contribution in [0.3, 0.4) is 0 Å². The molecular weight excluding hydrogens is 599 g/mol. The molecule has 0 radical (unpaired) electrons. The number of rotatable bonds is 12. The molecule has 0 bridgehead atoms. The molecule has 0 saturated carbocycles. The second-order valence-corrected chi connectivity index (χ2v) is 11.1. The van der Waals surface area contributed by atoms with Gasteiger partial charge in [0.15, 0.2) is 23.3 Å². The van der Waals surface area contributed by atoms with Crippen molar-refractivity contribution in [3.63, 3.8) is 0 Å². The smallest absolute Gasteiger partial charge is 0.456 e. The van der Waals surface area contributed by atoms with Crippen LogP contribution in [-0.4, -0.2) is 53.9 Å². The standard InChI is InChI=1S/C26H30BrO11P/c1-17(28)35-23-22(38-26(27)25(37-19(3)30)24(23)36-18(2)29)16-34-39(31,32-14-20-10-6-4-7-11-20)33-15-21-12-8-5-9-13-21/h4-13,22-26H,14-16H2,1-3H3/t22?,23-,24+,25-,26?/m1/s1. The van der Waals surface area contributed by atoms with Crippen molar-refractivity contribution in [3.8, 4) is 0 Å². The Hall–Kier alpha value is -2.60. The fourth-order valence-electron chi connectivity index (χ4n) is 3.71. The molecule has 13 heteroatoms. The molecular formula is C26H30BrO11P. The molecule has 2 aromatic rings. The lowest BCUT2D eigenvalue weighted by Crippen LogP contribution is -2.60. The fourth-order valence-corrected chi connectivity index (χ4v) is 5.56. The number of halogens is 1. The number of benzene rings is 2. The van der Waals surface area contributed by atoms with Crippen LogP contribution in [0.1, 0.15) is 31.9 Å². The van der Waals surface area contributed by atoms with Gasteiger partial charge in [-0.3, -0.25) is 28.0 Å². The van der Waals surface area contributed by atoms with Gasteiger partial charge in [-0.1, -0.05) is 76.6 Å². The highest BCUT2D eigenvalue weighted by Gasteiger charge is 2.51. The quantitative estimate of drug-likeness (QED) is 0.143. The van der Waals surface area contributed by atoms with Crippen LogP contribution in [0, 0.1) is 0 Å². The molecule has 2 unspecified atom stereocenters. The van der Waals surface area contributed by atoms with Gasteiger partial charge < -0.3 is 18.9 Å².